The smallest absolute Gasteiger partial charge is 0.416 e. The predicted octanol–water partition coefficient (Wildman–Crippen LogP) is 11.0. The molecule has 0 atom stereocenters. The largest absolute Gasteiger partial charge is 0.497 e. The number of carbonyl (C=O) groups is 2. The number of nitrogens with zero attached hydrogens (tertiary/aromatic N) is 4. The summed E-state index contributed by atoms with van der Waals surface area (Å²) < 4.78 is 47.3. The molecular weight excluding hydrogens is 794 g/mol. The fourth-order valence-electron chi connectivity index (χ4n) is 6.76. The topological polar surface area (TPSA) is 155 Å². The van der Waals surface area contributed by atoms with Crippen molar-refractivity contribution in [2.45, 2.75) is 20.0 Å². The van der Waals surface area contributed by atoms with Crippen molar-refractivity contribution in [3.05, 3.63) is 175 Å². The fourth-order valence-corrected chi connectivity index (χ4v) is 6.76. The molecule has 0 unspecified atom stereocenters. The first kappa shape index (κ1) is 42.0. The number of benzene rings is 6. The normalized spacial score (nSPS) is 11.0. The molecule has 0 fully saturated rings. The van der Waals surface area contributed by atoms with Gasteiger partial charge < -0.3 is 26.8 Å². The molecule has 0 aliphatic rings. The van der Waals surface area contributed by atoms with Gasteiger partial charge in [-0.25, -0.2) is 19.0 Å². The molecule has 0 radical (unpaired) electrons. The molecule has 8 aromatic rings. The van der Waals surface area contributed by atoms with Gasteiger partial charge in [0.05, 0.1) is 46.8 Å². The van der Waals surface area contributed by atoms with Crippen molar-refractivity contribution in [3.8, 4) is 61.9 Å². The van der Waals surface area contributed by atoms with Gasteiger partial charge in [-0.3, -0.25) is 0 Å². The Bertz CT molecular complexity index is 2800. The highest BCUT2D eigenvalue weighted by Crippen LogP contribution is 2.33. The van der Waals surface area contributed by atoms with E-state index in [9.17, 15) is 22.8 Å². The van der Waals surface area contributed by atoms with E-state index in [-0.39, 0.29) is 0 Å². The van der Waals surface area contributed by atoms with E-state index in [2.05, 4.69) is 51.2 Å². The fraction of sp³-hybridized carbons (Fsp3) is 0.0833. The highest BCUT2D eigenvalue weighted by Gasteiger charge is 2.30. The molecule has 2 aromatic heterocycles. The Balaban J connectivity index is 0.000000187. The number of carbonyl (C=O) groups excluding carboxylic acids is 2. The molecule has 0 spiro atoms. The number of halogens is 3. The number of anilines is 2. The van der Waals surface area contributed by atoms with E-state index in [0.717, 1.165) is 79.8 Å². The van der Waals surface area contributed by atoms with Crippen LogP contribution in [-0.2, 0) is 6.18 Å². The second-order valence-corrected chi connectivity index (χ2v) is 14.2. The van der Waals surface area contributed by atoms with Gasteiger partial charge in [-0.1, -0.05) is 72.8 Å². The maximum atomic E-state index is 12.8. The van der Waals surface area contributed by atoms with E-state index in [0.29, 0.717) is 16.9 Å². The van der Waals surface area contributed by atoms with Crippen molar-refractivity contribution >= 4 is 23.4 Å². The summed E-state index contributed by atoms with van der Waals surface area (Å²) in [6.07, 6.45) is -4.35. The lowest BCUT2D eigenvalue weighted by Gasteiger charge is -2.10. The minimum absolute atomic E-state index is 0.576. The number of alkyl halides is 3. The second-order valence-electron chi connectivity index (χ2n) is 14.2. The number of aryl methyl sites for hydroxylation is 2. The number of hydrogen-bond acceptors (Lipinski definition) is 5. The Hall–Kier alpha value is -8.13. The van der Waals surface area contributed by atoms with Crippen molar-refractivity contribution < 1.29 is 27.5 Å². The molecule has 4 amide bonds. The minimum atomic E-state index is -4.35. The quantitative estimate of drug-likeness (QED) is 0.114. The van der Waals surface area contributed by atoms with Crippen LogP contribution in [0.3, 0.4) is 0 Å². The molecule has 0 bridgehead atoms. The third kappa shape index (κ3) is 10.00. The standard InChI is InChI=1S/C24H19F3N4O.C24H22N4O2/c1-15-14-22(31(30-15)21-12-10-20(11-13-21)29-23(28)32)18-4-2-16(3-5-18)17-6-8-19(9-7-17)24(25,26)27;1-16-15-23(28(27-16)21-11-9-20(10-12-21)26-24(25)29)19-5-3-17(4-6-19)18-7-13-22(30-2)14-8-18/h2-14H,1H3,(H3,28,29,32);3-15H,1-2H3,(H3,25,26,29). The molecule has 6 aromatic carbocycles. The molecular formula is C48H41F3N8O3. The van der Waals surface area contributed by atoms with Crippen LogP contribution in [0.4, 0.5) is 34.1 Å². The van der Waals surface area contributed by atoms with Gasteiger partial charge in [-0.05, 0) is 121 Å². The van der Waals surface area contributed by atoms with Crippen LogP contribution in [0.25, 0.3) is 56.1 Å². The number of aromatic nitrogens is 4. The summed E-state index contributed by atoms with van der Waals surface area (Å²) in [5, 5.41) is 14.3. The highest BCUT2D eigenvalue weighted by atomic mass is 19.4. The van der Waals surface area contributed by atoms with Gasteiger partial charge in [-0.2, -0.15) is 23.4 Å². The summed E-state index contributed by atoms with van der Waals surface area (Å²) >= 11 is 0. The third-order valence-electron chi connectivity index (χ3n) is 9.75. The molecule has 6 N–H and O–H groups in total. The average Bonchev–Trinajstić information content (AvgIpc) is 3.86. The Kier molecular flexibility index (Phi) is 12.2. The Morgan fingerprint density at radius 3 is 1.16 bits per heavy atom. The van der Waals surface area contributed by atoms with Crippen LogP contribution in [0.15, 0.2) is 158 Å². The van der Waals surface area contributed by atoms with Crippen molar-refractivity contribution in [2.24, 2.45) is 11.5 Å². The first-order valence-electron chi connectivity index (χ1n) is 19.2. The van der Waals surface area contributed by atoms with Crippen LogP contribution in [0.2, 0.25) is 0 Å². The van der Waals surface area contributed by atoms with Crippen molar-refractivity contribution in [1.82, 2.24) is 19.6 Å². The van der Waals surface area contributed by atoms with Crippen LogP contribution in [0.5, 0.6) is 5.75 Å². The Labute approximate surface area is 355 Å². The van der Waals surface area contributed by atoms with Crippen LogP contribution in [0, 0.1) is 13.8 Å². The first-order valence-corrected chi connectivity index (χ1v) is 19.2. The lowest BCUT2D eigenvalue weighted by molar-refractivity contribution is -0.137. The van der Waals surface area contributed by atoms with E-state index < -0.39 is 23.8 Å². The molecule has 0 aliphatic heterocycles. The average molecular weight is 835 g/mol. The van der Waals surface area contributed by atoms with E-state index in [1.54, 1.807) is 36.1 Å². The lowest BCUT2D eigenvalue weighted by Crippen LogP contribution is -2.19. The van der Waals surface area contributed by atoms with Crippen LogP contribution >= 0.6 is 0 Å². The van der Waals surface area contributed by atoms with E-state index in [4.69, 9.17) is 16.2 Å². The van der Waals surface area contributed by atoms with E-state index >= 15 is 0 Å². The van der Waals surface area contributed by atoms with Crippen LogP contribution in [0.1, 0.15) is 17.0 Å². The van der Waals surface area contributed by atoms with Gasteiger partial charge in [0, 0.05) is 22.5 Å². The SMILES string of the molecule is COc1ccc(-c2ccc(-c3cc(C)nn3-c3ccc(NC(N)=O)cc3)cc2)cc1.Cc1cc(-c2ccc(-c3ccc(C(F)(F)F)cc3)cc2)n(-c2ccc(NC(N)=O)cc2)n1. The van der Waals surface area contributed by atoms with Gasteiger partial charge in [0.2, 0.25) is 0 Å². The number of nitrogens with one attached hydrogen (secondary N) is 2. The van der Waals surface area contributed by atoms with Gasteiger partial charge in [-0.15, -0.1) is 0 Å². The molecule has 11 nitrogen and oxygen atoms in total. The van der Waals surface area contributed by atoms with Gasteiger partial charge >= 0.3 is 18.2 Å². The molecule has 0 saturated carbocycles. The third-order valence-corrected chi connectivity index (χ3v) is 9.75. The second kappa shape index (κ2) is 18.0. The number of amides is 4. The molecule has 8 rings (SSSR count). The number of urea groups is 2. The highest BCUT2D eigenvalue weighted by molar-refractivity contribution is 5.88. The summed E-state index contributed by atoms with van der Waals surface area (Å²) in [5.41, 5.74) is 21.9. The van der Waals surface area contributed by atoms with Crippen molar-refractivity contribution in [2.75, 3.05) is 17.7 Å². The first-order chi connectivity index (χ1) is 29.7. The number of primary amides is 2. The zero-order valence-electron chi connectivity index (χ0n) is 33.8. The maximum Gasteiger partial charge on any atom is 0.416 e. The number of hydrogen-bond donors (Lipinski definition) is 4. The Morgan fingerprint density at radius 1 is 0.516 bits per heavy atom. The molecule has 14 heteroatoms. The van der Waals surface area contributed by atoms with E-state index in [1.807, 2.05) is 97.4 Å². The molecule has 0 saturated heterocycles. The van der Waals surface area contributed by atoms with Gasteiger partial charge in [0.25, 0.3) is 0 Å². The summed E-state index contributed by atoms with van der Waals surface area (Å²) in [4.78, 5) is 22.0. The van der Waals surface area contributed by atoms with Crippen molar-refractivity contribution in [1.29, 1.82) is 0 Å². The number of ether oxygens (including phenoxy) is 1. The van der Waals surface area contributed by atoms with Crippen LogP contribution < -0.4 is 26.8 Å². The molecule has 312 valence electrons. The Morgan fingerprint density at radius 2 is 0.839 bits per heavy atom. The predicted molar refractivity (Wildman–Crippen MR) is 236 cm³/mol. The lowest BCUT2D eigenvalue weighted by atomic mass is 10.0. The molecule has 62 heavy (non-hydrogen) atoms. The minimum Gasteiger partial charge on any atom is -0.497 e. The number of methoxy groups -OCH3 is 1. The number of rotatable bonds is 9. The zero-order chi connectivity index (χ0) is 44.0. The number of nitrogens with two attached hydrogens (primary N) is 2. The maximum absolute atomic E-state index is 12.8. The van der Waals surface area contributed by atoms with Gasteiger partial charge in [0.1, 0.15) is 5.75 Å². The summed E-state index contributed by atoms with van der Waals surface area (Å²) in [6.45, 7) is 3.86. The van der Waals surface area contributed by atoms with Crippen molar-refractivity contribution in [3.63, 3.8) is 0 Å². The monoisotopic (exact) mass is 834 g/mol. The van der Waals surface area contributed by atoms with E-state index in [1.165, 1.54) is 12.1 Å². The summed E-state index contributed by atoms with van der Waals surface area (Å²) in [7, 11) is 1.66. The zero-order valence-corrected chi connectivity index (χ0v) is 33.8. The summed E-state index contributed by atoms with van der Waals surface area (Å²) in [6, 6.07) is 46.3. The molecule has 2 heterocycles. The molecule has 0 aliphatic carbocycles. The van der Waals surface area contributed by atoms with Crippen LogP contribution in [-0.4, -0.2) is 38.7 Å². The summed E-state index contributed by atoms with van der Waals surface area (Å²) in [5.74, 6) is 0.840. The van der Waals surface area contributed by atoms with Gasteiger partial charge in [0.15, 0.2) is 0 Å².